The summed E-state index contributed by atoms with van der Waals surface area (Å²) in [6.45, 7) is 2.09. The zero-order valence-electron chi connectivity index (χ0n) is 16.4. The zero-order chi connectivity index (χ0) is 20.8. The second-order valence-electron chi connectivity index (χ2n) is 6.56. The first-order valence-corrected chi connectivity index (χ1v) is 9.54. The molecule has 0 atom stereocenters. The van der Waals surface area contributed by atoms with E-state index in [0.717, 1.165) is 17.8 Å². The van der Waals surface area contributed by atoms with Gasteiger partial charge >= 0.3 is 6.03 Å². The number of carbonyl (C=O) groups is 1. The van der Waals surface area contributed by atoms with E-state index in [1.54, 1.807) is 17.1 Å². The number of aryl methyl sites for hydroxylation is 1. The summed E-state index contributed by atoms with van der Waals surface area (Å²) in [5.74, 6) is 1.37. The second-order valence-corrected chi connectivity index (χ2v) is 6.56. The van der Waals surface area contributed by atoms with Crippen molar-refractivity contribution in [3.63, 3.8) is 0 Å². The number of rotatable bonds is 6. The topological polar surface area (TPSA) is 96.8 Å². The van der Waals surface area contributed by atoms with E-state index in [2.05, 4.69) is 37.8 Å². The van der Waals surface area contributed by atoms with Crippen LogP contribution >= 0.6 is 0 Å². The van der Waals surface area contributed by atoms with Crippen molar-refractivity contribution in [2.45, 2.75) is 13.3 Å². The van der Waals surface area contributed by atoms with Gasteiger partial charge in [0.05, 0.1) is 0 Å². The van der Waals surface area contributed by atoms with E-state index < -0.39 is 0 Å². The van der Waals surface area contributed by atoms with Gasteiger partial charge in [-0.2, -0.15) is 0 Å². The molecule has 0 aliphatic carbocycles. The molecule has 30 heavy (non-hydrogen) atoms. The Labute approximate surface area is 174 Å². The van der Waals surface area contributed by atoms with E-state index in [0.29, 0.717) is 17.3 Å². The summed E-state index contributed by atoms with van der Waals surface area (Å²) in [6.07, 6.45) is 7.64. The summed E-state index contributed by atoms with van der Waals surface area (Å²) in [6, 6.07) is 16.7. The lowest BCUT2D eigenvalue weighted by atomic mass is 10.1. The van der Waals surface area contributed by atoms with Crippen molar-refractivity contribution in [3.05, 3.63) is 85.2 Å². The van der Waals surface area contributed by atoms with Crippen LogP contribution in [0, 0.1) is 0 Å². The largest absolute Gasteiger partial charge is 0.340 e. The molecule has 0 saturated heterocycles. The fraction of sp³-hybridized carbons (Fsp3) is 0.0909. The van der Waals surface area contributed by atoms with Crippen LogP contribution < -0.4 is 16.0 Å². The van der Waals surface area contributed by atoms with E-state index in [4.69, 9.17) is 0 Å². The molecule has 2 aromatic carbocycles. The lowest BCUT2D eigenvalue weighted by Crippen LogP contribution is -2.19. The number of nitrogens with zero attached hydrogens (tertiary/aromatic N) is 4. The van der Waals surface area contributed by atoms with E-state index >= 15 is 0 Å². The fourth-order valence-corrected chi connectivity index (χ4v) is 2.85. The molecular weight excluding hydrogens is 378 g/mol. The molecule has 0 aliphatic heterocycles. The number of hydrogen-bond donors (Lipinski definition) is 3. The Morgan fingerprint density at radius 1 is 0.933 bits per heavy atom. The number of benzene rings is 2. The highest BCUT2D eigenvalue weighted by molar-refractivity contribution is 5.99. The van der Waals surface area contributed by atoms with E-state index in [1.807, 2.05) is 60.8 Å². The van der Waals surface area contributed by atoms with Crippen molar-refractivity contribution in [2.24, 2.45) is 0 Å². The minimum absolute atomic E-state index is 0.291. The molecule has 3 N–H and O–H groups in total. The van der Waals surface area contributed by atoms with Crippen molar-refractivity contribution < 1.29 is 4.79 Å². The maximum Gasteiger partial charge on any atom is 0.323 e. The maximum atomic E-state index is 12.2. The summed E-state index contributed by atoms with van der Waals surface area (Å²) in [5.41, 5.74) is 3.50. The highest BCUT2D eigenvalue weighted by Crippen LogP contribution is 2.19. The molecule has 4 rings (SSSR count). The van der Waals surface area contributed by atoms with Gasteiger partial charge in [-0.25, -0.2) is 19.7 Å². The van der Waals surface area contributed by atoms with Gasteiger partial charge in [-0.1, -0.05) is 19.1 Å². The molecule has 2 heterocycles. The molecular formula is C22H21N7O. The zero-order valence-corrected chi connectivity index (χ0v) is 16.4. The van der Waals surface area contributed by atoms with Gasteiger partial charge in [-0.15, -0.1) is 0 Å². The number of nitrogens with one attached hydrogen (secondary N) is 3. The van der Waals surface area contributed by atoms with Crippen molar-refractivity contribution in [1.29, 1.82) is 0 Å². The molecule has 0 radical (unpaired) electrons. The number of hydrogen-bond acceptors (Lipinski definition) is 5. The molecule has 150 valence electrons. The molecule has 0 aliphatic rings. The van der Waals surface area contributed by atoms with E-state index in [-0.39, 0.29) is 6.03 Å². The Hall–Kier alpha value is -4.20. The number of amides is 2. The predicted molar refractivity (Wildman–Crippen MR) is 117 cm³/mol. The van der Waals surface area contributed by atoms with Crippen molar-refractivity contribution in [3.8, 4) is 5.82 Å². The SMILES string of the molecule is CCc1ccc(NC(=O)Nc2ccc(Nc3cc(-n4ccnc4)ncn3)cc2)cc1. The normalized spacial score (nSPS) is 10.4. The van der Waals surface area contributed by atoms with E-state index in [9.17, 15) is 4.79 Å². The highest BCUT2D eigenvalue weighted by Gasteiger charge is 2.05. The number of urea groups is 1. The standard InChI is InChI=1S/C22H21N7O/c1-2-16-3-5-18(6-4-16)27-22(30)28-19-9-7-17(8-10-19)26-20-13-21(25-14-24-20)29-12-11-23-15-29/h3-15H,2H2,1H3,(H,24,25,26)(H2,27,28,30). The third-order valence-electron chi connectivity index (χ3n) is 4.46. The quantitative estimate of drug-likeness (QED) is 0.440. The van der Waals surface area contributed by atoms with Crippen molar-refractivity contribution in [1.82, 2.24) is 19.5 Å². The van der Waals surface area contributed by atoms with Crippen LogP contribution in [0.3, 0.4) is 0 Å². The van der Waals surface area contributed by atoms with Gasteiger partial charge < -0.3 is 16.0 Å². The van der Waals surface area contributed by atoms with Crippen LogP contribution in [0.15, 0.2) is 79.6 Å². The molecule has 2 aromatic heterocycles. The molecule has 8 nitrogen and oxygen atoms in total. The first-order chi connectivity index (χ1) is 14.7. The Kier molecular flexibility index (Phi) is 5.66. The van der Waals surface area contributed by atoms with Crippen molar-refractivity contribution in [2.75, 3.05) is 16.0 Å². The fourth-order valence-electron chi connectivity index (χ4n) is 2.85. The average molecular weight is 399 g/mol. The van der Waals surface area contributed by atoms with Gasteiger partial charge in [0.25, 0.3) is 0 Å². The third kappa shape index (κ3) is 4.79. The maximum absolute atomic E-state index is 12.2. The molecule has 0 spiro atoms. The Morgan fingerprint density at radius 3 is 2.23 bits per heavy atom. The summed E-state index contributed by atoms with van der Waals surface area (Å²) in [5, 5.41) is 8.87. The first kappa shape index (κ1) is 19.1. The van der Waals surface area contributed by atoms with Gasteiger partial charge in [0.2, 0.25) is 0 Å². The number of imidazole rings is 1. The highest BCUT2D eigenvalue weighted by atomic mass is 16.2. The smallest absolute Gasteiger partial charge is 0.323 e. The minimum atomic E-state index is -0.291. The number of carbonyl (C=O) groups excluding carboxylic acids is 1. The minimum Gasteiger partial charge on any atom is -0.340 e. The summed E-state index contributed by atoms with van der Waals surface area (Å²) in [4.78, 5) is 24.7. The Morgan fingerprint density at radius 2 is 1.60 bits per heavy atom. The predicted octanol–water partition coefficient (Wildman–Crippen LogP) is 4.61. The molecule has 0 bridgehead atoms. The lowest BCUT2D eigenvalue weighted by molar-refractivity contribution is 0.262. The summed E-state index contributed by atoms with van der Waals surface area (Å²) in [7, 11) is 0. The van der Waals surface area contributed by atoms with Crippen LogP contribution in [-0.2, 0) is 6.42 Å². The van der Waals surface area contributed by atoms with Gasteiger partial charge in [-0.3, -0.25) is 4.57 Å². The molecule has 0 fully saturated rings. The molecule has 0 unspecified atom stereocenters. The van der Waals surface area contributed by atoms with Crippen LogP contribution in [0.2, 0.25) is 0 Å². The average Bonchev–Trinajstić information content (AvgIpc) is 3.31. The van der Waals surface area contributed by atoms with Crippen molar-refractivity contribution >= 4 is 28.9 Å². The Balaban J connectivity index is 1.36. The van der Waals surface area contributed by atoms with E-state index in [1.165, 1.54) is 11.9 Å². The molecule has 0 saturated carbocycles. The third-order valence-corrected chi connectivity index (χ3v) is 4.46. The van der Waals surface area contributed by atoms with Gasteiger partial charge in [0.1, 0.15) is 24.3 Å². The Bertz CT molecular complexity index is 1110. The van der Waals surface area contributed by atoms with Crippen LogP contribution in [-0.4, -0.2) is 25.6 Å². The van der Waals surface area contributed by atoms with Gasteiger partial charge in [-0.05, 0) is 48.4 Å². The number of anilines is 4. The van der Waals surface area contributed by atoms with Crippen LogP contribution in [0.4, 0.5) is 27.7 Å². The first-order valence-electron chi connectivity index (χ1n) is 9.54. The monoisotopic (exact) mass is 399 g/mol. The van der Waals surface area contributed by atoms with Gasteiger partial charge in [0.15, 0.2) is 0 Å². The van der Waals surface area contributed by atoms with Crippen LogP contribution in [0.5, 0.6) is 0 Å². The number of aromatic nitrogens is 4. The molecule has 8 heteroatoms. The second kappa shape index (κ2) is 8.87. The summed E-state index contributed by atoms with van der Waals surface area (Å²) >= 11 is 0. The van der Waals surface area contributed by atoms with Crippen LogP contribution in [0.25, 0.3) is 5.82 Å². The van der Waals surface area contributed by atoms with Crippen LogP contribution in [0.1, 0.15) is 12.5 Å². The lowest BCUT2D eigenvalue weighted by Gasteiger charge is -2.10. The molecule has 2 amide bonds. The summed E-state index contributed by atoms with van der Waals surface area (Å²) < 4.78 is 1.80. The molecule has 4 aromatic rings. The van der Waals surface area contributed by atoms with Gasteiger partial charge in [0, 0.05) is 35.5 Å².